The molecule has 2 saturated heterocycles. The van der Waals surface area contributed by atoms with Gasteiger partial charge in [-0.05, 0) is 18.4 Å². The van der Waals surface area contributed by atoms with Crippen LogP contribution in [0.3, 0.4) is 0 Å². The van der Waals surface area contributed by atoms with Gasteiger partial charge in [0.1, 0.15) is 0 Å². The van der Waals surface area contributed by atoms with E-state index in [2.05, 4.69) is 26.0 Å². The lowest BCUT2D eigenvalue weighted by Crippen LogP contribution is -2.36. The molecule has 2 fully saturated rings. The summed E-state index contributed by atoms with van der Waals surface area (Å²) in [5, 5.41) is 12.7. The fraction of sp³-hybridized carbons (Fsp3) is 0.941. The Morgan fingerprint density at radius 3 is 1.46 bits per heavy atom. The molecule has 2 heterocycles. The van der Waals surface area contributed by atoms with E-state index in [4.69, 9.17) is 57.6 Å². The topological polar surface area (TPSA) is 221 Å². The predicted octanol–water partition coefficient (Wildman–Crippen LogP) is 1.32. The molecule has 2 aliphatic heterocycles. The van der Waals surface area contributed by atoms with Crippen LogP contribution in [-0.4, -0.2) is 193 Å². The Morgan fingerprint density at radius 1 is 0.630 bits per heavy atom. The first-order valence-electron chi connectivity index (χ1n) is 19.0. The van der Waals surface area contributed by atoms with Crippen molar-refractivity contribution in [2.75, 3.05) is 164 Å². The molecule has 0 radical (unpaired) electrons. The van der Waals surface area contributed by atoms with Crippen molar-refractivity contribution >= 4 is 23.7 Å². The van der Waals surface area contributed by atoms with Gasteiger partial charge in [0.2, 0.25) is 5.91 Å². The Kier molecular flexibility index (Phi) is 32.6. The molecule has 54 heavy (non-hydrogen) atoms. The highest BCUT2D eigenvalue weighted by Crippen LogP contribution is 2.33. The zero-order valence-electron chi connectivity index (χ0n) is 31.8. The lowest BCUT2D eigenvalue weighted by Gasteiger charge is -2.16. The van der Waals surface area contributed by atoms with Crippen LogP contribution >= 0.6 is 11.8 Å². The summed E-state index contributed by atoms with van der Waals surface area (Å²) in [6, 6.07) is 0.400. The molecule has 0 spiro atoms. The van der Waals surface area contributed by atoms with Gasteiger partial charge in [-0.25, -0.2) is 4.79 Å². The van der Waals surface area contributed by atoms with E-state index in [1.807, 2.05) is 11.8 Å². The predicted molar refractivity (Wildman–Crippen MR) is 200 cm³/mol. The van der Waals surface area contributed by atoms with Crippen LogP contribution in [0.25, 0.3) is 10.4 Å². The summed E-state index contributed by atoms with van der Waals surface area (Å²) < 4.78 is 59.9. The Bertz CT molecular complexity index is 960. The molecule has 2 aliphatic rings. The molecule has 0 saturated carbocycles. The lowest BCUT2D eigenvalue weighted by molar-refractivity contribution is -0.121. The number of hydrogen-bond donors (Lipinski definition) is 3. The number of amides is 3. The van der Waals surface area contributed by atoms with E-state index in [1.165, 1.54) is 0 Å². The molecule has 0 aromatic rings. The first-order valence-corrected chi connectivity index (χ1v) is 20.1. The molecule has 3 amide bonds. The summed E-state index contributed by atoms with van der Waals surface area (Å²) in [7, 11) is 0. The molecule has 0 aliphatic carbocycles. The normalized spacial score (nSPS) is 17.6. The number of urea groups is 1. The summed E-state index contributed by atoms with van der Waals surface area (Å²) in [5.74, 6) is 0.998. The average Bonchev–Trinajstić information content (AvgIpc) is 3.73. The lowest BCUT2D eigenvalue weighted by atomic mass is 10.0. The Balaban J connectivity index is 1.14. The largest absolute Gasteiger partial charge is 0.379 e. The van der Waals surface area contributed by atoms with Crippen LogP contribution in [0.1, 0.15) is 25.7 Å². The first-order chi connectivity index (χ1) is 26.7. The molecule has 0 bridgehead atoms. The van der Waals surface area contributed by atoms with Crippen LogP contribution in [0.15, 0.2) is 5.11 Å². The number of nitrogens with zero attached hydrogens (tertiary/aromatic N) is 3. The maximum absolute atomic E-state index is 12.0. The molecule has 20 heteroatoms. The van der Waals surface area contributed by atoms with E-state index in [1.54, 1.807) is 0 Å². The van der Waals surface area contributed by atoms with E-state index in [9.17, 15) is 9.59 Å². The van der Waals surface area contributed by atoms with Crippen molar-refractivity contribution in [2.24, 2.45) is 5.11 Å². The van der Waals surface area contributed by atoms with Crippen LogP contribution in [0.2, 0.25) is 0 Å². The molecule has 314 valence electrons. The van der Waals surface area contributed by atoms with Crippen LogP contribution < -0.4 is 16.0 Å². The van der Waals surface area contributed by atoms with Gasteiger partial charge in [-0.3, -0.25) is 4.79 Å². The van der Waals surface area contributed by atoms with Crippen molar-refractivity contribution in [1.82, 2.24) is 16.0 Å². The zero-order chi connectivity index (χ0) is 38.4. The van der Waals surface area contributed by atoms with Gasteiger partial charge >= 0.3 is 6.03 Å². The Hall–Kier alpha value is -2.04. The van der Waals surface area contributed by atoms with Crippen LogP contribution in [-0.2, 0) is 56.9 Å². The number of unbranched alkanes of at least 4 members (excludes halogenated alkanes) is 1. The molecule has 0 aromatic heterocycles. The molecular weight excluding hydrogens is 732 g/mol. The number of fused-ring (bicyclic) bond motifs is 1. The molecule has 3 N–H and O–H groups in total. The maximum Gasteiger partial charge on any atom is 0.315 e. The molecule has 19 nitrogen and oxygen atoms in total. The maximum atomic E-state index is 12.0. The van der Waals surface area contributed by atoms with Crippen molar-refractivity contribution in [3.63, 3.8) is 0 Å². The van der Waals surface area contributed by atoms with E-state index >= 15 is 0 Å². The summed E-state index contributed by atoms with van der Waals surface area (Å²) in [4.78, 5) is 26.1. The Labute approximate surface area is 323 Å². The van der Waals surface area contributed by atoms with E-state index in [-0.39, 0.29) is 24.0 Å². The highest BCUT2D eigenvalue weighted by molar-refractivity contribution is 8.00. The van der Waals surface area contributed by atoms with Crippen LogP contribution in [0.5, 0.6) is 0 Å². The quantitative estimate of drug-likeness (QED) is 0.0261. The third kappa shape index (κ3) is 28.4. The minimum atomic E-state index is -0.0626. The van der Waals surface area contributed by atoms with Crippen LogP contribution in [0, 0.1) is 0 Å². The van der Waals surface area contributed by atoms with Crippen molar-refractivity contribution < 1.29 is 61.7 Å². The number of carbonyl (C=O) groups excluding carboxylic acids is 2. The van der Waals surface area contributed by atoms with Gasteiger partial charge in [-0.1, -0.05) is 11.5 Å². The number of nitrogens with one attached hydrogen (secondary N) is 3. The average molecular weight is 797 g/mol. The molecule has 2 rings (SSSR count). The molecular formula is C34H64N6O13S. The van der Waals surface area contributed by atoms with Crippen molar-refractivity contribution in [3.05, 3.63) is 10.4 Å². The summed E-state index contributed by atoms with van der Waals surface area (Å²) in [6.45, 7) is 11.2. The van der Waals surface area contributed by atoms with Gasteiger partial charge in [0.25, 0.3) is 0 Å². The van der Waals surface area contributed by atoms with Gasteiger partial charge < -0.3 is 68.1 Å². The second-order valence-electron chi connectivity index (χ2n) is 11.9. The fourth-order valence-electron chi connectivity index (χ4n) is 5.08. The molecule has 3 atom stereocenters. The van der Waals surface area contributed by atoms with E-state index in [0.29, 0.717) is 170 Å². The van der Waals surface area contributed by atoms with Gasteiger partial charge in [0, 0.05) is 35.4 Å². The number of carbonyl (C=O) groups is 2. The minimum absolute atomic E-state index is 0.0404. The number of hydrogen-bond acceptors (Lipinski definition) is 15. The highest BCUT2D eigenvalue weighted by Gasteiger charge is 2.42. The third-order valence-electron chi connectivity index (χ3n) is 7.77. The second kappa shape index (κ2) is 36.6. The molecule has 0 aromatic carbocycles. The summed E-state index contributed by atoms with van der Waals surface area (Å²) in [6.07, 6.45) is 3.33. The van der Waals surface area contributed by atoms with Crippen molar-refractivity contribution in [2.45, 2.75) is 43.0 Å². The van der Waals surface area contributed by atoms with E-state index < -0.39 is 0 Å². The smallest absolute Gasteiger partial charge is 0.315 e. The van der Waals surface area contributed by atoms with Crippen LogP contribution in [0.4, 0.5) is 4.79 Å². The van der Waals surface area contributed by atoms with E-state index in [0.717, 1.165) is 25.0 Å². The number of azide groups is 1. The third-order valence-corrected chi connectivity index (χ3v) is 9.28. The summed E-state index contributed by atoms with van der Waals surface area (Å²) in [5.41, 5.74) is 8.15. The Morgan fingerprint density at radius 2 is 1.04 bits per heavy atom. The van der Waals surface area contributed by atoms with Gasteiger partial charge in [-0.15, -0.1) is 0 Å². The highest BCUT2D eigenvalue weighted by atomic mass is 32.2. The summed E-state index contributed by atoms with van der Waals surface area (Å²) >= 11 is 1.90. The first kappa shape index (κ1) is 48.1. The van der Waals surface area contributed by atoms with Crippen molar-refractivity contribution in [1.29, 1.82) is 0 Å². The van der Waals surface area contributed by atoms with Gasteiger partial charge in [-0.2, -0.15) is 11.8 Å². The minimum Gasteiger partial charge on any atom is -0.379 e. The second-order valence-corrected chi connectivity index (χ2v) is 13.2. The van der Waals surface area contributed by atoms with Gasteiger partial charge in [0.15, 0.2) is 0 Å². The van der Waals surface area contributed by atoms with Gasteiger partial charge in [0.05, 0.1) is 157 Å². The standard InChI is InChI=1S/C34H64N6O13S/c35-40-37-6-8-44-10-12-46-14-16-48-18-20-50-22-24-52-26-28-53-27-25-51-23-21-49-19-17-47-15-13-45-11-9-43-7-5-36-32(41)4-2-1-3-31-33-30(29-54-31)38-34(42)39-33/h30-31,33H,1-29H2,(H,36,41)(H2,38,39,42)/t30-,31+,33+/m1/s1. The van der Waals surface area contributed by atoms with Crippen molar-refractivity contribution in [3.8, 4) is 0 Å². The fourth-order valence-corrected chi connectivity index (χ4v) is 6.62. The number of ether oxygens (including phenoxy) is 11. The number of rotatable bonds is 41. The monoisotopic (exact) mass is 796 g/mol. The molecule has 0 unspecified atom stereocenters. The SMILES string of the molecule is [N-]=[N+]=NCCOCCOCCOCCOCCOCCOCCOCCOCCOCCOCCOCCNC(=O)CCCC[C@@H]1SC[C@H]2NC(=O)N[C@H]12. The zero-order valence-corrected chi connectivity index (χ0v) is 32.6. The number of thioether (sulfide) groups is 1.